The molecular weight excluding hydrogens is 356 g/mol. The molecule has 1 atom stereocenters. The van der Waals surface area contributed by atoms with Crippen LogP contribution in [0.1, 0.15) is 48.2 Å². The van der Waals surface area contributed by atoms with E-state index in [0.29, 0.717) is 12.3 Å². The normalized spacial score (nSPS) is 19.5. The van der Waals surface area contributed by atoms with Crippen molar-refractivity contribution in [3.05, 3.63) is 40.5 Å². The highest BCUT2D eigenvalue weighted by atomic mass is 32.1. The molecule has 0 spiro atoms. The van der Waals surface area contributed by atoms with E-state index in [1.54, 1.807) is 18.4 Å². The van der Waals surface area contributed by atoms with Gasteiger partial charge in [-0.05, 0) is 37.0 Å². The zero-order valence-corrected chi connectivity index (χ0v) is 16.3. The summed E-state index contributed by atoms with van der Waals surface area (Å²) in [5.74, 6) is 7.38. The lowest BCUT2D eigenvalue weighted by Crippen LogP contribution is -2.42. The van der Waals surface area contributed by atoms with Crippen molar-refractivity contribution in [3.8, 4) is 22.3 Å². The summed E-state index contributed by atoms with van der Waals surface area (Å²) in [5, 5.41) is 0. The average molecular weight is 379 g/mol. The van der Waals surface area contributed by atoms with Crippen molar-refractivity contribution >= 4 is 23.2 Å². The summed E-state index contributed by atoms with van der Waals surface area (Å²) < 4.78 is 0. The Hall–Kier alpha value is -2.65. The molecule has 0 radical (unpaired) electrons. The largest absolute Gasteiger partial charge is 0.369 e. The summed E-state index contributed by atoms with van der Waals surface area (Å²) in [6, 6.07) is 4.06. The smallest absolute Gasteiger partial charge is 0.231 e. The molecule has 2 aliphatic rings. The van der Waals surface area contributed by atoms with Crippen LogP contribution in [0.3, 0.4) is 0 Å². The van der Waals surface area contributed by atoms with Crippen LogP contribution in [-0.2, 0) is 11.2 Å². The molecule has 2 aromatic rings. The molecule has 3 heterocycles. The number of hydrogen-bond acceptors (Lipinski definition) is 5. The van der Waals surface area contributed by atoms with Crippen LogP contribution in [0.4, 0.5) is 0 Å². The third-order valence-electron chi connectivity index (χ3n) is 4.91. The Morgan fingerprint density at radius 2 is 2.15 bits per heavy atom. The van der Waals surface area contributed by atoms with Gasteiger partial charge in [0.15, 0.2) is 5.96 Å². The van der Waals surface area contributed by atoms with Crippen molar-refractivity contribution in [2.75, 3.05) is 7.05 Å². The maximum atomic E-state index is 12.1. The first kappa shape index (κ1) is 17.7. The maximum absolute atomic E-state index is 12.1. The molecule has 2 N–H and O–H groups in total. The molecule has 0 aromatic carbocycles. The zero-order chi connectivity index (χ0) is 19.0. The molecule has 1 aliphatic heterocycles. The van der Waals surface area contributed by atoms with Crippen LogP contribution in [0.25, 0.3) is 10.4 Å². The van der Waals surface area contributed by atoms with E-state index < -0.39 is 0 Å². The van der Waals surface area contributed by atoms with E-state index in [9.17, 15) is 4.79 Å². The second kappa shape index (κ2) is 7.16. The quantitative estimate of drug-likeness (QED) is 0.833. The molecule has 2 aromatic heterocycles. The average Bonchev–Trinajstić information content (AvgIpc) is 3.40. The fourth-order valence-electron chi connectivity index (χ4n) is 3.05. The number of rotatable bonds is 3. The van der Waals surface area contributed by atoms with Crippen molar-refractivity contribution in [1.29, 1.82) is 0 Å². The molecule has 138 valence electrons. The van der Waals surface area contributed by atoms with E-state index in [4.69, 9.17) is 5.73 Å². The topological polar surface area (TPSA) is 71.6 Å². The van der Waals surface area contributed by atoms with Crippen LogP contribution in [-0.4, -0.2) is 28.8 Å². The third kappa shape index (κ3) is 3.74. The number of carbonyl (C=O) groups is 1. The number of aromatic nitrogens is 1. The number of nitrogens with zero attached hydrogens (tertiary/aromatic N) is 3. The minimum absolute atomic E-state index is 0.000451. The highest BCUT2D eigenvalue weighted by Crippen LogP contribution is 2.39. The Balaban J connectivity index is 1.67. The number of amides is 1. The van der Waals surface area contributed by atoms with Crippen LogP contribution >= 0.6 is 11.3 Å². The van der Waals surface area contributed by atoms with E-state index >= 15 is 0 Å². The van der Waals surface area contributed by atoms with E-state index in [0.717, 1.165) is 22.4 Å². The van der Waals surface area contributed by atoms with E-state index in [2.05, 4.69) is 40.9 Å². The van der Waals surface area contributed by atoms with Crippen molar-refractivity contribution < 1.29 is 4.79 Å². The lowest BCUT2D eigenvalue weighted by molar-refractivity contribution is -0.127. The van der Waals surface area contributed by atoms with Gasteiger partial charge in [0.2, 0.25) is 5.91 Å². The number of carbonyl (C=O) groups excluding carboxylic acids is 1. The molecule has 5 nitrogen and oxygen atoms in total. The minimum Gasteiger partial charge on any atom is -0.369 e. The molecule has 27 heavy (non-hydrogen) atoms. The fourth-order valence-corrected chi connectivity index (χ4v) is 4.33. The van der Waals surface area contributed by atoms with Crippen LogP contribution in [0.15, 0.2) is 29.5 Å². The second-order valence-electron chi connectivity index (χ2n) is 7.02. The Morgan fingerprint density at radius 1 is 1.33 bits per heavy atom. The second-order valence-corrected chi connectivity index (χ2v) is 8.11. The van der Waals surface area contributed by atoms with Crippen LogP contribution < -0.4 is 5.73 Å². The number of nitrogens with two attached hydrogens (primary N) is 1. The van der Waals surface area contributed by atoms with Gasteiger partial charge >= 0.3 is 0 Å². The molecule has 1 aliphatic carbocycles. The number of thiophene rings is 1. The third-order valence-corrected chi connectivity index (χ3v) is 6.24. The van der Waals surface area contributed by atoms with E-state index in [1.807, 2.05) is 12.4 Å². The first-order valence-electron chi connectivity index (χ1n) is 9.24. The van der Waals surface area contributed by atoms with Crippen molar-refractivity contribution in [2.24, 2.45) is 16.6 Å². The summed E-state index contributed by atoms with van der Waals surface area (Å²) in [5.41, 5.74) is 9.17. The van der Waals surface area contributed by atoms with Gasteiger partial charge in [-0.15, -0.1) is 11.3 Å². The van der Waals surface area contributed by atoms with E-state index in [1.165, 1.54) is 28.2 Å². The Morgan fingerprint density at radius 3 is 2.85 bits per heavy atom. The fraction of sp³-hybridized carbons (Fsp3) is 0.381. The molecular formula is C21H22N4OS. The first-order valence-corrected chi connectivity index (χ1v) is 10.1. The molecule has 1 amide bonds. The van der Waals surface area contributed by atoms with Gasteiger partial charge in [-0.1, -0.05) is 18.8 Å². The van der Waals surface area contributed by atoms with Gasteiger partial charge in [-0.2, -0.15) is 0 Å². The predicted octanol–water partition coefficient (Wildman–Crippen LogP) is 3.35. The number of aryl methyl sites for hydroxylation is 1. The van der Waals surface area contributed by atoms with Gasteiger partial charge in [0.25, 0.3) is 0 Å². The molecule has 1 saturated carbocycles. The van der Waals surface area contributed by atoms with Gasteiger partial charge in [0, 0.05) is 46.2 Å². The SMILES string of the molecule is CCc1cc([C@@H]2CC(=O)N(C)C(N)=N2)sc1-c1cncc(C#CC2CC2)c1. The zero-order valence-electron chi connectivity index (χ0n) is 15.5. The molecule has 0 unspecified atom stereocenters. The minimum atomic E-state index is -0.205. The summed E-state index contributed by atoms with van der Waals surface area (Å²) in [7, 11) is 1.66. The standard InChI is InChI=1S/C21H22N4OS/c1-3-15-9-18(17-10-19(26)25(2)21(22)24-17)27-20(15)16-8-14(11-23-12-16)7-6-13-4-5-13/h8-9,11-13,17H,3-5,10H2,1-2H3,(H2,22,24)/t17-/m0/s1. The summed E-state index contributed by atoms with van der Waals surface area (Å²) >= 11 is 1.67. The lowest BCUT2D eigenvalue weighted by atomic mass is 10.1. The van der Waals surface area contributed by atoms with Gasteiger partial charge in [-0.25, -0.2) is 4.99 Å². The predicted molar refractivity (Wildman–Crippen MR) is 108 cm³/mol. The monoisotopic (exact) mass is 378 g/mol. The van der Waals surface area contributed by atoms with Crippen LogP contribution in [0.5, 0.6) is 0 Å². The highest BCUT2D eigenvalue weighted by Gasteiger charge is 2.27. The molecule has 1 fully saturated rings. The first-order chi connectivity index (χ1) is 13.0. The summed E-state index contributed by atoms with van der Waals surface area (Å²) in [6.07, 6.45) is 7.39. The number of pyridine rings is 1. The lowest BCUT2D eigenvalue weighted by Gasteiger charge is -2.24. The Labute approximate surface area is 163 Å². The molecule has 6 heteroatoms. The van der Waals surface area contributed by atoms with Crippen LogP contribution in [0.2, 0.25) is 0 Å². The van der Waals surface area contributed by atoms with E-state index in [-0.39, 0.29) is 17.9 Å². The van der Waals surface area contributed by atoms with Crippen LogP contribution in [0, 0.1) is 17.8 Å². The number of hydrogen-bond donors (Lipinski definition) is 1. The van der Waals surface area contributed by atoms with Gasteiger partial charge in [0.05, 0.1) is 12.5 Å². The van der Waals surface area contributed by atoms with Gasteiger partial charge in [0.1, 0.15) is 0 Å². The van der Waals surface area contributed by atoms with Crippen molar-refractivity contribution in [1.82, 2.24) is 9.88 Å². The van der Waals surface area contributed by atoms with Crippen molar-refractivity contribution in [2.45, 2.75) is 38.6 Å². The van der Waals surface area contributed by atoms with Gasteiger partial charge < -0.3 is 5.73 Å². The Bertz CT molecular complexity index is 978. The maximum Gasteiger partial charge on any atom is 0.231 e. The molecule has 0 saturated heterocycles. The summed E-state index contributed by atoms with van der Waals surface area (Å²) in [4.78, 5) is 24.7. The Kier molecular flexibility index (Phi) is 4.71. The van der Waals surface area contributed by atoms with Crippen molar-refractivity contribution in [3.63, 3.8) is 0 Å². The number of aliphatic imine (C=N–C) groups is 1. The molecule has 4 rings (SSSR count). The van der Waals surface area contributed by atoms with Gasteiger partial charge in [-0.3, -0.25) is 14.7 Å². The number of guanidine groups is 1. The summed E-state index contributed by atoms with van der Waals surface area (Å²) in [6.45, 7) is 2.14. The molecule has 0 bridgehead atoms. The highest BCUT2D eigenvalue weighted by molar-refractivity contribution is 7.15.